The molecule has 0 saturated heterocycles. The number of carbonyl (C=O) groups is 4. The van der Waals surface area contributed by atoms with E-state index in [1.807, 2.05) is 0 Å². The van der Waals surface area contributed by atoms with Gasteiger partial charge in [-0.2, -0.15) is 0 Å². The van der Waals surface area contributed by atoms with Crippen molar-refractivity contribution >= 4 is 23.1 Å². The predicted molar refractivity (Wildman–Crippen MR) is 148 cm³/mol. The Labute approximate surface area is 231 Å². The van der Waals surface area contributed by atoms with Gasteiger partial charge in [0.15, 0.2) is 23.0 Å². The molecule has 4 rings (SSSR count). The zero-order valence-corrected chi connectivity index (χ0v) is 22.3. The van der Waals surface area contributed by atoms with Crippen molar-refractivity contribution in [3.63, 3.8) is 0 Å². The molecule has 0 spiro atoms. The van der Waals surface area contributed by atoms with Gasteiger partial charge in [0.1, 0.15) is 0 Å². The Kier molecular flexibility index (Phi) is 8.39. The highest BCUT2D eigenvalue weighted by Crippen LogP contribution is 2.30. The number of Topliss-reactive ketones (excluding diaryl/α,β-unsaturated/α-hetero) is 4. The van der Waals surface area contributed by atoms with Crippen LogP contribution in [0.4, 0.5) is 0 Å². The van der Waals surface area contributed by atoms with E-state index in [-0.39, 0.29) is 22.3 Å². The summed E-state index contributed by atoms with van der Waals surface area (Å²) in [5.41, 5.74) is 1.87. The third kappa shape index (κ3) is 5.61. The van der Waals surface area contributed by atoms with E-state index < -0.39 is 23.1 Å². The Bertz CT molecular complexity index is 1500. The van der Waals surface area contributed by atoms with Gasteiger partial charge >= 0.3 is 0 Å². The highest BCUT2D eigenvalue weighted by molar-refractivity contribution is 6.50. The third-order valence-electron chi connectivity index (χ3n) is 6.29. The molecule has 40 heavy (non-hydrogen) atoms. The minimum atomic E-state index is -0.706. The van der Waals surface area contributed by atoms with Crippen molar-refractivity contribution in [3.05, 3.63) is 107 Å². The monoisotopic (exact) mass is 538 g/mol. The second-order valence-corrected chi connectivity index (χ2v) is 8.62. The lowest BCUT2D eigenvalue weighted by Crippen LogP contribution is -2.15. The molecule has 0 amide bonds. The average molecular weight is 539 g/mol. The van der Waals surface area contributed by atoms with Gasteiger partial charge < -0.3 is 18.9 Å². The van der Waals surface area contributed by atoms with E-state index in [1.165, 1.54) is 52.7 Å². The quantitative estimate of drug-likeness (QED) is 0.182. The molecule has 202 valence electrons. The predicted octanol–water partition coefficient (Wildman–Crippen LogP) is 5.52. The van der Waals surface area contributed by atoms with E-state index in [1.54, 1.807) is 60.7 Å². The first-order chi connectivity index (χ1) is 19.3. The number of carbonyl (C=O) groups excluding carboxylic acids is 4. The van der Waals surface area contributed by atoms with Crippen molar-refractivity contribution < 1.29 is 38.1 Å². The lowest BCUT2D eigenvalue weighted by molar-refractivity contribution is 0.0816. The van der Waals surface area contributed by atoms with Gasteiger partial charge in [0.05, 0.1) is 28.4 Å². The molecule has 0 fully saturated rings. The van der Waals surface area contributed by atoms with E-state index in [0.29, 0.717) is 34.1 Å². The van der Waals surface area contributed by atoms with Crippen molar-refractivity contribution in [1.82, 2.24) is 0 Å². The first kappa shape index (κ1) is 27.8. The highest BCUT2D eigenvalue weighted by atomic mass is 16.5. The molecule has 0 N–H and O–H groups in total. The lowest BCUT2D eigenvalue weighted by Gasteiger charge is -2.10. The standard InChI is InChI=1S/C32H26O8/c1-37-25-13-11-23(17-27(25)39-3)31(35)29(33)21-9-5-7-19(15-21)20-8-6-10-22(16-20)30(34)32(36)24-12-14-26(38-2)28(18-24)40-4/h5-18H,1-4H3. The summed E-state index contributed by atoms with van der Waals surface area (Å²) in [6, 6.07) is 22.0. The largest absolute Gasteiger partial charge is 0.493 e. The molecule has 8 heteroatoms. The van der Waals surface area contributed by atoms with Crippen molar-refractivity contribution in [1.29, 1.82) is 0 Å². The van der Waals surface area contributed by atoms with Crippen molar-refractivity contribution in [3.8, 4) is 34.1 Å². The number of benzene rings is 4. The van der Waals surface area contributed by atoms with Gasteiger partial charge in [-0.25, -0.2) is 0 Å². The summed E-state index contributed by atoms with van der Waals surface area (Å²) in [6.07, 6.45) is 0. The van der Waals surface area contributed by atoms with Crippen molar-refractivity contribution in [2.24, 2.45) is 0 Å². The third-order valence-corrected chi connectivity index (χ3v) is 6.29. The fourth-order valence-corrected chi connectivity index (χ4v) is 4.16. The first-order valence-corrected chi connectivity index (χ1v) is 12.1. The molecule has 0 aliphatic heterocycles. The fraction of sp³-hybridized carbons (Fsp3) is 0.125. The molecule has 0 aliphatic rings. The molecule has 4 aromatic rings. The van der Waals surface area contributed by atoms with Crippen molar-refractivity contribution in [2.45, 2.75) is 0 Å². The Hall–Kier alpha value is -5.24. The minimum Gasteiger partial charge on any atom is -0.493 e. The van der Waals surface area contributed by atoms with Crippen LogP contribution in [0, 0.1) is 0 Å². The molecule has 0 unspecified atom stereocenters. The first-order valence-electron chi connectivity index (χ1n) is 12.1. The smallest absolute Gasteiger partial charge is 0.233 e. The van der Waals surface area contributed by atoms with Crippen LogP contribution in [0.3, 0.4) is 0 Å². The Balaban J connectivity index is 1.59. The van der Waals surface area contributed by atoms with E-state index in [2.05, 4.69) is 0 Å². The molecule has 0 atom stereocenters. The van der Waals surface area contributed by atoms with E-state index in [9.17, 15) is 19.2 Å². The van der Waals surface area contributed by atoms with Crippen LogP contribution in [0.15, 0.2) is 84.9 Å². The average Bonchev–Trinajstić information content (AvgIpc) is 3.02. The maximum atomic E-state index is 13.1. The highest BCUT2D eigenvalue weighted by Gasteiger charge is 2.22. The van der Waals surface area contributed by atoms with Crippen LogP contribution < -0.4 is 18.9 Å². The van der Waals surface area contributed by atoms with Gasteiger partial charge in [0.25, 0.3) is 0 Å². The number of ether oxygens (including phenoxy) is 4. The maximum absolute atomic E-state index is 13.1. The summed E-state index contributed by atoms with van der Waals surface area (Å²) < 4.78 is 20.8. The second kappa shape index (κ2) is 12.1. The van der Waals surface area contributed by atoms with Gasteiger partial charge in [-0.1, -0.05) is 36.4 Å². The molecular weight excluding hydrogens is 512 g/mol. The fourth-order valence-electron chi connectivity index (χ4n) is 4.16. The normalized spacial score (nSPS) is 10.4. The maximum Gasteiger partial charge on any atom is 0.233 e. The van der Waals surface area contributed by atoms with Gasteiger partial charge in [-0.05, 0) is 59.7 Å². The molecule has 0 radical (unpaired) electrons. The van der Waals surface area contributed by atoms with Crippen LogP contribution in [-0.4, -0.2) is 51.6 Å². The molecule has 0 bridgehead atoms. The number of methoxy groups -OCH3 is 4. The van der Waals surface area contributed by atoms with Crippen LogP contribution in [0.5, 0.6) is 23.0 Å². The van der Waals surface area contributed by atoms with Crippen molar-refractivity contribution in [2.75, 3.05) is 28.4 Å². The summed E-state index contributed by atoms with van der Waals surface area (Å²) in [4.78, 5) is 52.0. The van der Waals surface area contributed by atoms with Gasteiger partial charge in [-0.3, -0.25) is 19.2 Å². The van der Waals surface area contributed by atoms with Crippen LogP contribution in [0.1, 0.15) is 41.4 Å². The van der Waals surface area contributed by atoms with Gasteiger partial charge in [0.2, 0.25) is 23.1 Å². The van der Waals surface area contributed by atoms with E-state index in [4.69, 9.17) is 18.9 Å². The zero-order chi connectivity index (χ0) is 28.8. The van der Waals surface area contributed by atoms with E-state index >= 15 is 0 Å². The molecule has 0 aromatic heterocycles. The Morgan fingerprint density at radius 1 is 0.400 bits per heavy atom. The number of hydrogen-bond donors (Lipinski definition) is 0. The van der Waals surface area contributed by atoms with Gasteiger partial charge in [-0.15, -0.1) is 0 Å². The minimum absolute atomic E-state index is 0.161. The summed E-state index contributed by atoms with van der Waals surface area (Å²) in [7, 11) is 5.84. The second-order valence-electron chi connectivity index (χ2n) is 8.62. The molecule has 4 aromatic carbocycles. The van der Waals surface area contributed by atoms with Gasteiger partial charge in [0, 0.05) is 22.3 Å². The number of ketones is 4. The van der Waals surface area contributed by atoms with Crippen LogP contribution in [0.25, 0.3) is 11.1 Å². The van der Waals surface area contributed by atoms with E-state index in [0.717, 1.165) is 0 Å². The Morgan fingerprint density at radius 2 is 0.725 bits per heavy atom. The zero-order valence-electron chi connectivity index (χ0n) is 22.3. The SMILES string of the molecule is COc1ccc(C(=O)C(=O)c2cccc(-c3cccc(C(=O)C(=O)c4ccc(OC)c(OC)c4)c3)c2)cc1OC. The summed E-state index contributed by atoms with van der Waals surface area (Å²) in [5, 5.41) is 0. The Morgan fingerprint density at radius 3 is 1.05 bits per heavy atom. The summed E-state index contributed by atoms with van der Waals surface area (Å²) in [6.45, 7) is 0. The molecule has 0 aliphatic carbocycles. The lowest BCUT2D eigenvalue weighted by atomic mass is 9.95. The molecule has 0 heterocycles. The topological polar surface area (TPSA) is 105 Å². The summed E-state index contributed by atoms with van der Waals surface area (Å²) >= 11 is 0. The van der Waals surface area contributed by atoms with Crippen LogP contribution in [0.2, 0.25) is 0 Å². The number of hydrogen-bond acceptors (Lipinski definition) is 8. The molecule has 0 saturated carbocycles. The molecule has 8 nitrogen and oxygen atoms in total. The number of rotatable bonds is 11. The summed E-state index contributed by atoms with van der Waals surface area (Å²) in [5.74, 6) is -1.28. The molecular formula is C32H26O8. The van der Waals surface area contributed by atoms with Crippen LogP contribution in [-0.2, 0) is 0 Å². The van der Waals surface area contributed by atoms with Crippen LogP contribution >= 0.6 is 0 Å².